The fourth-order valence-corrected chi connectivity index (χ4v) is 1.57. The van der Waals surface area contributed by atoms with Crippen LogP contribution in [0.25, 0.3) is 0 Å². The Morgan fingerprint density at radius 3 is 2.56 bits per heavy atom. The van der Waals surface area contributed by atoms with E-state index in [9.17, 15) is 14.0 Å². The molecule has 0 atom stereocenters. The molecule has 1 aromatic carbocycles. The summed E-state index contributed by atoms with van der Waals surface area (Å²) in [4.78, 5) is 22.7. The number of nitrogens with two attached hydrogens (primary N) is 2. The number of primary amides is 1. The van der Waals surface area contributed by atoms with E-state index in [-0.39, 0.29) is 17.7 Å². The average Bonchev–Trinajstić information content (AvgIpc) is 2.18. The molecule has 0 radical (unpaired) electrons. The van der Waals surface area contributed by atoms with Crippen molar-refractivity contribution in [3.63, 3.8) is 0 Å². The fraction of sp³-hybridized carbons (Fsp3) is 0.333. The first-order chi connectivity index (χ1) is 8.21. The van der Waals surface area contributed by atoms with Crippen LogP contribution in [0, 0.1) is 5.82 Å². The zero-order chi connectivity index (χ0) is 13.9. The van der Waals surface area contributed by atoms with Crippen LogP contribution in [0.1, 0.15) is 30.6 Å². The molecular weight excluding hydrogens is 237 g/mol. The lowest BCUT2D eigenvalue weighted by atomic mass is 9.99. The van der Waals surface area contributed by atoms with Gasteiger partial charge in [-0.1, -0.05) is 0 Å². The molecule has 0 saturated carbocycles. The van der Waals surface area contributed by atoms with Crippen molar-refractivity contribution < 1.29 is 14.0 Å². The Kier molecular flexibility index (Phi) is 3.90. The van der Waals surface area contributed by atoms with E-state index in [1.807, 2.05) is 0 Å². The summed E-state index contributed by atoms with van der Waals surface area (Å²) >= 11 is 0. The summed E-state index contributed by atoms with van der Waals surface area (Å²) < 4.78 is 13.4. The Morgan fingerprint density at radius 2 is 2.00 bits per heavy atom. The normalized spacial score (nSPS) is 11.1. The Balaban J connectivity index is 2.88. The number of hydrogen-bond donors (Lipinski definition) is 3. The van der Waals surface area contributed by atoms with Gasteiger partial charge in [-0.15, -0.1) is 0 Å². The Hall–Kier alpha value is -2.11. The number of halogens is 1. The minimum absolute atomic E-state index is 0.0390. The largest absolute Gasteiger partial charge is 0.399 e. The van der Waals surface area contributed by atoms with E-state index in [1.54, 1.807) is 13.8 Å². The minimum Gasteiger partial charge on any atom is -0.399 e. The second kappa shape index (κ2) is 5.03. The van der Waals surface area contributed by atoms with Gasteiger partial charge in [-0.2, -0.15) is 0 Å². The molecule has 0 saturated heterocycles. The van der Waals surface area contributed by atoms with Gasteiger partial charge in [0.2, 0.25) is 5.91 Å². The summed E-state index contributed by atoms with van der Waals surface area (Å²) in [6.45, 7) is 3.25. The predicted octanol–water partition coefficient (Wildman–Crippen LogP) is 0.792. The highest BCUT2D eigenvalue weighted by Gasteiger charge is 2.24. The van der Waals surface area contributed by atoms with Crippen molar-refractivity contribution in [2.75, 3.05) is 5.73 Å². The molecule has 0 spiro atoms. The maximum Gasteiger partial charge on any atom is 0.254 e. The molecule has 0 aliphatic heterocycles. The van der Waals surface area contributed by atoms with Crippen LogP contribution >= 0.6 is 0 Å². The Morgan fingerprint density at radius 1 is 1.39 bits per heavy atom. The lowest BCUT2D eigenvalue weighted by Crippen LogP contribution is -2.46. The molecule has 1 rings (SSSR count). The second-order valence-corrected chi connectivity index (χ2v) is 4.72. The van der Waals surface area contributed by atoms with Gasteiger partial charge in [0.25, 0.3) is 5.91 Å². The highest BCUT2D eigenvalue weighted by Crippen LogP contribution is 2.14. The number of rotatable bonds is 4. The maximum absolute atomic E-state index is 13.4. The molecule has 6 heteroatoms. The van der Waals surface area contributed by atoms with Crippen LogP contribution in [0.2, 0.25) is 0 Å². The number of nitrogens with one attached hydrogen (secondary N) is 1. The smallest absolute Gasteiger partial charge is 0.254 e. The number of carbonyl (C=O) groups excluding carboxylic acids is 2. The quantitative estimate of drug-likeness (QED) is 0.692. The fourth-order valence-electron chi connectivity index (χ4n) is 1.57. The van der Waals surface area contributed by atoms with Crippen LogP contribution in [-0.4, -0.2) is 17.4 Å². The van der Waals surface area contributed by atoms with Gasteiger partial charge in [0.1, 0.15) is 5.82 Å². The highest BCUT2D eigenvalue weighted by atomic mass is 19.1. The monoisotopic (exact) mass is 253 g/mol. The summed E-state index contributed by atoms with van der Waals surface area (Å²) in [7, 11) is 0. The molecule has 0 aromatic heterocycles. The summed E-state index contributed by atoms with van der Waals surface area (Å²) in [6, 6.07) is 3.72. The van der Waals surface area contributed by atoms with Crippen LogP contribution in [0.15, 0.2) is 18.2 Å². The van der Waals surface area contributed by atoms with E-state index in [2.05, 4.69) is 5.32 Å². The molecule has 98 valence electrons. The van der Waals surface area contributed by atoms with E-state index in [4.69, 9.17) is 11.5 Å². The molecule has 18 heavy (non-hydrogen) atoms. The Bertz CT molecular complexity index is 486. The van der Waals surface area contributed by atoms with Crippen LogP contribution in [-0.2, 0) is 4.79 Å². The zero-order valence-corrected chi connectivity index (χ0v) is 10.3. The van der Waals surface area contributed by atoms with Crippen molar-refractivity contribution in [1.82, 2.24) is 5.32 Å². The molecule has 1 aromatic rings. The number of carbonyl (C=O) groups is 2. The van der Waals surface area contributed by atoms with Crippen molar-refractivity contribution in [2.45, 2.75) is 25.8 Å². The molecule has 0 heterocycles. The predicted molar refractivity (Wildman–Crippen MR) is 66.2 cm³/mol. The van der Waals surface area contributed by atoms with Crippen LogP contribution in [0.5, 0.6) is 0 Å². The number of nitrogen functional groups attached to an aromatic ring is 1. The van der Waals surface area contributed by atoms with Crippen molar-refractivity contribution >= 4 is 17.5 Å². The highest BCUT2D eigenvalue weighted by molar-refractivity contribution is 5.96. The first-order valence-electron chi connectivity index (χ1n) is 5.37. The van der Waals surface area contributed by atoms with E-state index in [0.717, 1.165) is 6.07 Å². The first kappa shape index (κ1) is 14.0. The molecule has 0 fully saturated rings. The van der Waals surface area contributed by atoms with Crippen molar-refractivity contribution in [3.05, 3.63) is 29.6 Å². The summed E-state index contributed by atoms with van der Waals surface area (Å²) in [5.74, 6) is -1.85. The topological polar surface area (TPSA) is 98.2 Å². The Labute approximate surface area is 104 Å². The van der Waals surface area contributed by atoms with Crippen LogP contribution in [0.4, 0.5) is 10.1 Å². The summed E-state index contributed by atoms with van der Waals surface area (Å²) in [5, 5.41) is 2.54. The number of hydrogen-bond acceptors (Lipinski definition) is 3. The number of benzene rings is 1. The lowest BCUT2D eigenvalue weighted by molar-refractivity contribution is -0.119. The standard InChI is InChI=1S/C12H16FN3O2/c1-12(2,6-10(15)17)16-11(18)8-5-7(14)3-4-9(8)13/h3-5H,6,14H2,1-2H3,(H2,15,17)(H,16,18). The number of anilines is 1. The molecule has 5 N–H and O–H groups in total. The molecular formula is C12H16FN3O2. The minimum atomic E-state index is -0.847. The third kappa shape index (κ3) is 3.73. The summed E-state index contributed by atoms with van der Waals surface area (Å²) in [5.41, 5.74) is 9.83. The van der Waals surface area contributed by atoms with E-state index in [1.165, 1.54) is 12.1 Å². The van der Waals surface area contributed by atoms with Gasteiger partial charge < -0.3 is 16.8 Å². The molecule has 0 bridgehead atoms. The van der Waals surface area contributed by atoms with Crippen LogP contribution in [0.3, 0.4) is 0 Å². The van der Waals surface area contributed by atoms with E-state index in [0.29, 0.717) is 0 Å². The van der Waals surface area contributed by atoms with Gasteiger partial charge in [0.05, 0.1) is 5.56 Å². The van der Waals surface area contributed by atoms with Crippen molar-refractivity contribution in [2.24, 2.45) is 5.73 Å². The van der Waals surface area contributed by atoms with Gasteiger partial charge in [-0.25, -0.2) is 4.39 Å². The van der Waals surface area contributed by atoms with E-state index < -0.39 is 23.2 Å². The van der Waals surface area contributed by atoms with Crippen molar-refractivity contribution in [3.8, 4) is 0 Å². The van der Waals surface area contributed by atoms with Crippen molar-refractivity contribution in [1.29, 1.82) is 0 Å². The third-order valence-electron chi connectivity index (χ3n) is 2.30. The first-order valence-corrected chi connectivity index (χ1v) is 5.37. The van der Waals surface area contributed by atoms with Gasteiger partial charge in [-0.3, -0.25) is 9.59 Å². The zero-order valence-electron chi connectivity index (χ0n) is 10.3. The van der Waals surface area contributed by atoms with Gasteiger partial charge >= 0.3 is 0 Å². The third-order valence-corrected chi connectivity index (χ3v) is 2.30. The average molecular weight is 253 g/mol. The molecule has 0 unspecified atom stereocenters. The molecule has 0 aliphatic rings. The van der Waals surface area contributed by atoms with Crippen LogP contribution < -0.4 is 16.8 Å². The van der Waals surface area contributed by atoms with Gasteiger partial charge in [0.15, 0.2) is 0 Å². The maximum atomic E-state index is 13.4. The molecule has 0 aliphatic carbocycles. The van der Waals surface area contributed by atoms with Gasteiger partial charge in [-0.05, 0) is 32.0 Å². The van der Waals surface area contributed by atoms with E-state index >= 15 is 0 Å². The summed E-state index contributed by atoms with van der Waals surface area (Å²) in [6.07, 6.45) is -0.0390. The SMILES string of the molecule is CC(C)(CC(N)=O)NC(=O)c1cc(N)ccc1F. The molecule has 2 amide bonds. The molecule has 5 nitrogen and oxygen atoms in total. The number of amides is 2. The van der Waals surface area contributed by atoms with Gasteiger partial charge in [0, 0.05) is 17.6 Å². The second-order valence-electron chi connectivity index (χ2n) is 4.72. The lowest BCUT2D eigenvalue weighted by Gasteiger charge is -2.24.